The summed E-state index contributed by atoms with van der Waals surface area (Å²) >= 11 is 11.8. The molecular weight excluding hydrogens is 275 g/mol. The van der Waals surface area contributed by atoms with Gasteiger partial charge in [0.1, 0.15) is 0 Å². The first kappa shape index (κ1) is 15.2. The van der Waals surface area contributed by atoms with Crippen LogP contribution >= 0.6 is 23.2 Å². The molecule has 1 aromatic rings. The first-order valence-electron chi connectivity index (χ1n) is 5.45. The van der Waals surface area contributed by atoms with E-state index in [1.54, 1.807) is 37.1 Å². The van der Waals surface area contributed by atoms with Gasteiger partial charge in [-0.25, -0.2) is 0 Å². The van der Waals surface area contributed by atoms with Crippen molar-refractivity contribution in [2.45, 2.75) is 19.1 Å². The van der Waals surface area contributed by atoms with Gasteiger partial charge in [-0.3, -0.25) is 9.69 Å². The van der Waals surface area contributed by atoms with Crippen LogP contribution in [0.2, 0.25) is 10.0 Å². The number of primary amides is 1. The molecule has 0 saturated heterocycles. The highest BCUT2D eigenvalue weighted by Crippen LogP contribution is 2.26. The molecule has 6 heteroatoms. The second-order valence-electron chi connectivity index (χ2n) is 4.20. The molecule has 2 atom stereocenters. The Bertz CT molecular complexity index is 440. The van der Waals surface area contributed by atoms with Crippen LogP contribution in [-0.2, 0) is 4.79 Å². The van der Waals surface area contributed by atoms with Gasteiger partial charge in [-0.15, -0.1) is 0 Å². The molecule has 1 amide bonds. The van der Waals surface area contributed by atoms with Crippen molar-refractivity contribution in [1.82, 2.24) is 4.90 Å². The van der Waals surface area contributed by atoms with Crippen LogP contribution in [0.3, 0.4) is 0 Å². The number of benzene rings is 1. The second kappa shape index (κ2) is 6.38. The normalized spacial score (nSPS) is 14.6. The number of amides is 1. The number of nitrogens with zero attached hydrogens (tertiary/aromatic N) is 1. The van der Waals surface area contributed by atoms with Gasteiger partial charge in [0.25, 0.3) is 0 Å². The summed E-state index contributed by atoms with van der Waals surface area (Å²) < 4.78 is 0. The Morgan fingerprint density at radius 3 is 2.61 bits per heavy atom. The first-order valence-corrected chi connectivity index (χ1v) is 6.21. The Hall–Kier alpha value is -0.810. The Balaban J connectivity index is 2.76. The number of likely N-dealkylation sites (N-methyl/N-ethyl adjacent to an activating group) is 1. The molecule has 0 aliphatic carbocycles. The Kier molecular flexibility index (Phi) is 5.41. The summed E-state index contributed by atoms with van der Waals surface area (Å²) in [4.78, 5) is 12.7. The summed E-state index contributed by atoms with van der Waals surface area (Å²) in [5.74, 6) is -0.438. The van der Waals surface area contributed by atoms with Gasteiger partial charge in [0.05, 0.1) is 12.1 Å². The molecule has 18 heavy (non-hydrogen) atoms. The quantitative estimate of drug-likeness (QED) is 0.869. The summed E-state index contributed by atoms with van der Waals surface area (Å²) in [7, 11) is 1.71. The minimum absolute atomic E-state index is 0.255. The van der Waals surface area contributed by atoms with Gasteiger partial charge >= 0.3 is 0 Å². The number of nitrogens with two attached hydrogens (primary N) is 1. The van der Waals surface area contributed by atoms with Gasteiger partial charge in [0, 0.05) is 22.2 Å². The van der Waals surface area contributed by atoms with Crippen LogP contribution in [0, 0.1) is 0 Å². The molecule has 3 N–H and O–H groups in total. The van der Waals surface area contributed by atoms with Crippen molar-refractivity contribution >= 4 is 29.1 Å². The summed E-state index contributed by atoms with van der Waals surface area (Å²) in [5.41, 5.74) is 5.77. The van der Waals surface area contributed by atoms with Gasteiger partial charge in [0.15, 0.2) is 0 Å². The number of carbonyl (C=O) groups is 1. The maximum atomic E-state index is 11.0. The van der Waals surface area contributed by atoms with Crippen molar-refractivity contribution in [1.29, 1.82) is 0 Å². The van der Waals surface area contributed by atoms with Gasteiger partial charge in [-0.05, 0) is 26.1 Å². The van der Waals surface area contributed by atoms with Crippen LogP contribution in [0.4, 0.5) is 0 Å². The van der Waals surface area contributed by atoms with E-state index in [2.05, 4.69) is 0 Å². The number of aliphatic hydroxyl groups is 1. The lowest BCUT2D eigenvalue weighted by molar-refractivity contribution is -0.122. The molecule has 0 heterocycles. The third-order valence-electron chi connectivity index (χ3n) is 2.86. The van der Waals surface area contributed by atoms with Crippen LogP contribution in [0.1, 0.15) is 18.6 Å². The van der Waals surface area contributed by atoms with E-state index in [1.165, 1.54) is 0 Å². The van der Waals surface area contributed by atoms with E-state index in [4.69, 9.17) is 28.9 Å². The van der Waals surface area contributed by atoms with E-state index in [9.17, 15) is 9.90 Å². The van der Waals surface area contributed by atoms with E-state index in [0.29, 0.717) is 15.6 Å². The predicted octanol–water partition coefficient (Wildman–Crippen LogP) is 1.83. The summed E-state index contributed by atoms with van der Waals surface area (Å²) in [5, 5.41) is 11.0. The van der Waals surface area contributed by atoms with Crippen molar-refractivity contribution in [3.05, 3.63) is 33.8 Å². The fourth-order valence-electron chi connectivity index (χ4n) is 1.52. The van der Waals surface area contributed by atoms with E-state index in [-0.39, 0.29) is 6.54 Å². The zero-order valence-electron chi connectivity index (χ0n) is 10.2. The number of carbonyl (C=O) groups excluding carboxylic acids is 1. The minimum atomic E-state index is -0.804. The maximum absolute atomic E-state index is 11.0. The molecule has 0 aliphatic heterocycles. The Morgan fingerprint density at radius 2 is 2.11 bits per heavy atom. The van der Waals surface area contributed by atoms with E-state index in [0.717, 1.165) is 0 Å². The molecule has 0 aliphatic rings. The zero-order valence-corrected chi connectivity index (χ0v) is 11.7. The van der Waals surface area contributed by atoms with Crippen molar-refractivity contribution in [2.75, 3.05) is 13.6 Å². The molecule has 0 spiro atoms. The fraction of sp³-hybridized carbons (Fsp3) is 0.417. The molecule has 100 valence electrons. The molecule has 1 aromatic carbocycles. The van der Waals surface area contributed by atoms with Gasteiger partial charge in [-0.1, -0.05) is 29.3 Å². The first-order chi connectivity index (χ1) is 8.32. The van der Waals surface area contributed by atoms with Gasteiger partial charge < -0.3 is 10.8 Å². The fourth-order valence-corrected chi connectivity index (χ4v) is 2.05. The molecule has 0 saturated carbocycles. The summed E-state index contributed by atoms with van der Waals surface area (Å²) in [6, 6.07) is 4.44. The molecule has 4 nitrogen and oxygen atoms in total. The Morgan fingerprint density at radius 1 is 1.50 bits per heavy atom. The standard InChI is InChI=1S/C12H16Cl2N2O2/c1-7(12(15)18)16(2)6-11(17)9-4-3-8(13)5-10(9)14/h3-5,7,11,17H,6H2,1-2H3,(H2,15,18)/t7-,11?/m1/s1. The number of hydrogen-bond donors (Lipinski definition) is 2. The van der Waals surface area contributed by atoms with Gasteiger partial charge in [-0.2, -0.15) is 0 Å². The van der Waals surface area contributed by atoms with Crippen molar-refractivity contribution < 1.29 is 9.90 Å². The molecular formula is C12H16Cl2N2O2. The summed E-state index contributed by atoms with van der Waals surface area (Å²) in [6.07, 6.45) is -0.804. The molecule has 0 radical (unpaired) electrons. The summed E-state index contributed by atoms with van der Waals surface area (Å²) in [6.45, 7) is 1.93. The van der Waals surface area contributed by atoms with E-state index in [1.807, 2.05) is 0 Å². The lowest BCUT2D eigenvalue weighted by Crippen LogP contribution is -2.42. The number of rotatable bonds is 5. The van der Waals surface area contributed by atoms with Crippen molar-refractivity contribution in [2.24, 2.45) is 5.73 Å². The van der Waals surface area contributed by atoms with Gasteiger partial charge in [0.2, 0.25) is 5.91 Å². The minimum Gasteiger partial charge on any atom is -0.387 e. The molecule has 0 aromatic heterocycles. The molecule has 0 fully saturated rings. The number of halogens is 2. The highest BCUT2D eigenvalue weighted by Gasteiger charge is 2.20. The monoisotopic (exact) mass is 290 g/mol. The molecule has 0 bridgehead atoms. The molecule has 1 rings (SSSR count). The SMILES string of the molecule is C[C@H](C(N)=O)N(C)CC(O)c1ccc(Cl)cc1Cl. The maximum Gasteiger partial charge on any atom is 0.234 e. The average molecular weight is 291 g/mol. The Labute approximate surface area is 116 Å². The highest BCUT2D eigenvalue weighted by atomic mass is 35.5. The zero-order chi connectivity index (χ0) is 13.9. The van der Waals surface area contributed by atoms with Crippen LogP contribution in [0.5, 0.6) is 0 Å². The van der Waals surface area contributed by atoms with Crippen LogP contribution in [0.15, 0.2) is 18.2 Å². The van der Waals surface area contributed by atoms with E-state index >= 15 is 0 Å². The largest absolute Gasteiger partial charge is 0.387 e. The average Bonchev–Trinajstić information content (AvgIpc) is 2.27. The van der Waals surface area contributed by atoms with Crippen LogP contribution in [0.25, 0.3) is 0 Å². The molecule has 1 unspecified atom stereocenters. The lowest BCUT2D eigenvalue weighted by atomic mass is 10.1. The smallest absolute Gasteiger partial charge is 0.234 e. The van der Waals surface area contributed by atoms with Crippen LogP contribution < -0.4 is 5.73 Å². The number of hydrogen-bond acceptors (Lipinski definition) is 3. The second-order valence-corrected chi connectivity index (χ2v) is 5.04. The van der Waals surface area contributed by atoms with Crippen LogP contribution in [-0.4, -0.2) is 35.5 Å². The number of aliphatic hydroxyl groups excluding tert-OH is 1. The third-order valence-corrected chi connectivity index (χ3v) is 3.42. The highest BCUT2D eigenvalue weighted by molar-refractivity contribution is 6.35. The predicted molar refractivity (Wildman–Crippen MR) is 72.7 cm³/mol. The lowest BCUT2D eigenvalue weighted by Gasteiger charge is -2.25. The third kappa shape index (κ3) is 3.85. The van der Waals surface area contributed by atoms with Crippen molar-refractivity contribution in [3.8, 4) is 0 Å². The van der Waals surface area contributed by atoms with Crippen molar-refractivity contribution in [3.63, 3.8) is 0 Å². The topological polar surface area (TPSA) is 66.6 Å². The van der Waals surface area contributed by atoms with E-state index < -0.39 is 18.1 Å².